The molecule has 0 bridgehead atoms. The Labute approximate surface area is 119 Å². The van der Waals surface area contributed by atoms with Gasteiger partial charge in [-0.2, -0.15) is 0 Å². The van der Waals surface area contributed by atoms with E-state index in [2.05, 4.69) is 20.9 Å². The molecule has 0 spiro atoms. The van der Waals surface area contributed by atoms with Crippen molar-refractivity contribution in [2.24, 2.45) is 5.73 Å². The van der Waals surface area contributed by atoms with Gasteiger partial charge in [0.25, 0.3) is 0 Å². The number of fused-ring (bicyclic) bond motifs is 1. The Balaban J connectivity index is 1.98. The molecule has 1 aliphatic heterocycles. The van der Waals surface area contributed by atoms with Crippen molar-refractivity contribution in [2.75, 3.05) is 4.90 Å². The second-order valence-corrected chi connectivity index (χ2v) is 5.38. The first-order chi connectivity index (χ1) is 9.16. The standard InChI is InChI=1S/C14H12BrN3O/c15-10-3-4-12-11(6-10)13(16)14(19)18(12)8-9-2-1-5-17-7-9/h1-7,13H,8,16H2. The van der Waals surface area contributed by atoms with Crippen molar-refractivity contribution >= 4 is 27.5 Å². The fraction of sp³-hybridized carbons (Fsp3) is 0.143. The van der Waals surface area contributed by atoms with E-state index >= 15 is 0 Å². The lowest BCUT2D eigenvalue weighted by Gasteiger charge is -2.17. The van der Waals surface area contributed by atoms with Crippen LogP contribution in [0.2, 0.25) is 0 Å². The number of carbonyl (C=O) groups excluding carboxylic acids is 1. The Morgan fingerprint density at radius 1 is 1.37 bits per heavy atom. The second kappa shape index (κ2) is 4.75. The molecule has 2 heterocycles. The Hall–Kier alpha value is -1.72. The van der Waals surface area contributed by atoms with E-state index in [1.165, 1.54) is 0 Å². The summed E-state index contributed by atoms with van der Waals surface area (Å²) in [4.78, 5) is 18.0. The highest BCUT2D eigenvalue weighted by molar-refractivity contribution is 9.10. The van der Waals surface area contributed by atoms with Crippen LogP contribution in [0.15, 0.2) is 47.2 Å². The van der Waals surface area contributed by atoms with Crippen LogP contribution in [0, 0.1) is 0 Å². The molecule has 0 aliphatic carbocycles. The van der Waals surface area contributed by atoms with E-state index in [1.807, 2.05) is 30.3 Å². The number of pyridine rings is 1. The van der Waals surface area contributed by atoms with Gasteiger partial charge in [-0.3, -0.25) is 9.78 Å². The lowest BCUT2D eigenvalue weighted by molar-refractivity contribution is -0.119. The molecule has 1 aromatic carbocycles. The summed E-state index contributed by atoms with van der Waals surface area (Å²) >= 11 is 3.40. The van der Waals surface area contributed by atoms with E-state index in [4.69, 9.17) is 5.73 Å². The highest BCUT2D eigenvalue weighted by Crippen LogP contribution is 2.37. The lowest BCUT2D eigenvalue weighted by Crippen LogP contribution is -2.31. The number of halogens is 1. The van der Waals surface area contributed by atoms with Gasteiger partial charge in [-0.1, -0.05) is 22.0 Å². The van der Waals surface area contributed by atoms with Crippen molar-refractivity contribution in [2.45, 2.75) is 12.6 Å². The number of benzene rings is 1. The highest BCUT2D eigenvalue weighted by Gasteiger charge is 2.34. The van der Waals surface area contributed by atoms with E-state index in [0.717, 1.165) is 21.3 Å². The SMILES string of the molecule is NC1C(=O)N(Cc2cccnc2)c2ccc(Br)cc21. The van der Waals surface area contributed by atoms with Crippen molar-refractivity contribution in [1.29, 1.82) is 0 Å². The van der Waals surface area contributed by atoms with Crippen LogP contribution in [0.3, 0.4) is 0 Å². The average molecular weight is 318 g/mol. The molecule has 1 aromatic heterocycles. The molecule has 19 heavy (non-hydrogen) atoms. The number of nitrogens with zero attached hydrogens (tertiary/aromatic N) is 2. The number of hydrogen-bond donors (Lipinski definition) is 1. The molecule has 96 valence electrons. The Morgan fingerprint density at radius 3 is 2.95 bits per heavy atom. The molecule has 1 amide bonds. The van der Waals surface area contributed by atoms with Crippen molar-refractivity contribution in [3.05, 3.63) is 58.3 Å². The van der Waals surface area contributed by atoms with E-state index < -0.39 is 6.04 Å². The summed E-state index contributed by atoms with van der Waals surface area (Å²) < 4.78 is 0.928. The molecule has 0 saturated carbocycles. The zero-order chi connectivity index (χ0) is 13.4. The van der Waals surface area contributed by atoms with Crippen LogP contribution in [0.1, 0.15) is 17.2 Å². The van der Waals surface area contributed by atoms with Crippen molar-refractivity contribution in [1.82, 2.24) is 4.98 Å². The zero-order valence-corrected chi connectivity index (χ0v) is 11.7. The van der Waals surface area contributed by atoms with E-state index in [0.29, 0.717) is 6.54 Å². The molecular formula is C14H12BrN3O. The van der Waals surface area contributed by atoms with Gasteiger partial charge in [0.15, 0.2) is 0 Å². The molecule has 1 atom stereocenters. The van der Waals surface area contributed by atoms with Gasteiger partial charge in [0.05, 0.1) is 6.54 Å². The molecule has 4 nitrogen and oxygen atoms in total. The van der Waals surface area contributed by atoms with E-state index in [9.17, 15) is 4.79 Å². The molecular weight excluding hydrogens is 306 g/mol. The number of aromatic nitrogens is 1. The average Bonchev–Trinajstić information content (AvgIpc) is 2.65. The van der Waals surface area contributed by atoms with Gasteiger partial charge in [0, 0.05) is 28.1 Å². The summed E-state index contributed by atoms with van der Waals surface area (Å²) in [6.45, 7) is 0.495. The molecule has 0 saturated heterocycles. The smallest absolute Gasteiger partial charge is 0.248 e. The molecule has 0 radical (unpaired) electrons. The van der Waals surface area contributed by atoms with Crippen LogP contribution in [-0.2, 0) is 11.3 Å². The Bertz CT molecular complexity index is 630. The molecule has 0 fully saturated rings. The minimum absolute atomic E-state index is 0.0723. The van der Waals surface area contributed by atoms with Crippen LogP contribution in [0.4, 0.5) is 5.69 Å². The van der Waals surface area contributed by atoms with Crippen LogP contribution in [-0.4, -0.2) is 10.9 Å². The van der Waals surface area contributed by atoms with Gasteiger partial charge in [0.2, 0.25) is 5.91 Å². The lowest BCUT2D eigenvalue weighted by atomic mass is 10.1. The normalized spacial score (nSPS) is 17.7. The Kier molecular flexibility index (Phi) is 3.08. The summed E-state index contributed by atoms with van der Waals surface area (Å²) in [6, 6.07) is 8.97. The molecule has 1 aliphatic rings. The number of anilines is 1. The predicted octanol–water partition coefficient (Wildman–Crippen LogP) is 2.39. The second-order valence-electron chi connectivity index (χ2n) is 4.47. The fourth-order valence-corrected chi connectivity index (χ4v) is 2.66. The third kappa shape index (κ3) is 2.15. The summed E-state index contributed by atoms with van der Waals surface area (Å²) in [7, 11) is 0. The van der Waals surface area contributed by atoms with Gasteiger partial charge >= 0.3 is 0 Å². The van der Waals surface area contributed by atoms with E-state index in [-0.39, 0.29) is 5.91 Å². The number of rotatable bonds is 2. The van der Waals surface area contributed by atoms with Gasteiger partial charge in [-0.05, 0) is 29.8 Å². The first kappa shape index (κ1) is 12.3. The topological polar surface area (TPSA) is 59.2 Å². The van der Waals surface area contributed by atoms with Crippen LogP contribution >= 0.6 is 15.9 Å². The summed E-state index contributed by atoms with van der Waals surface area (Å²) in [5, 5.41) is 0. The maximum Gasteiger partial charge on any atom is 0.248 e. The molecule has 3 rings (SSSR count). The van der Waals surface area contributed by atoms with Gasteiger partial charge in [-0.15, -0.1) is 0 Å². The van der Waals surface area contributed by atoms with Gasteiger partial charge in [0.1, 0.15) is 6.04 Å². The molecule has 2 N–H and O–H groups in total. The van der Waals surface area contributed by atoms with Crippen LogP contribution in [0.25, 0.3) is 0 Å². The van der Waals surface area contributed by atoms with Gasteiger partial charge < -0.3 is 10.6 Å². The monoisotopic (exact) mass is 317 g/mol. The first-order valence-corrected chi connectivity index (χ1v) is 6.71. The number of amides is 1. The van der Waals surface area contributed by atoms with E-state index in [1.54, 1.807) is 17.3 Å². The summed E-state index contributed by atoms with van der Waals surface area (Å²) in [5.41, 5.74) is 8.70. The minimum atomic E-state index is -0.579. The third-order valence-corrected chi connectivity index (χ3v) is 3.70. The van der Waals surface area contributed by atoms with Gasteiger partial charge in [-0.25, -0.2) is 0 Å². The van der Waals surface area contributed by atoms with Crippen molar-refractivity contribution < 1.29 is 4.79 Å². The number of nitrogens with two attached hydrogens (primary N) is 1. The molecule has 2 aromatic rings. The zero-order valence-electron chi connectivity index (χ0n) is 10.1. The maximum atomic E-state index is 12.2. The molecule has 5 heteroatoms. The largest absolute Gasteiger partial charge is 0.316 e. The quantitative estimate of drug-likeness (QED) is 0.925. The van der Waals surface area contributed by atoms with Crippen LogP contribution < -0.4 is 10.6 Å². The summed E-state index contributed by atoms with van der Waals surface area (Å²) in [6.07, 6.45) is 3.47. The predicted molar refractivity (Wildman–Crippen MR) is 76.5 cm³/mol. The van der Waals surface area contributed by atoms with Crippen molar-refractivity contribution in [3.8, 4) is 0 Å². The minimum Gasteiger partial charge on any atom is -0.316 e. The van der Waals surface area contributed by atoms with Crippen LogP contribution in [0.5, 0.6) is 0 Å². The van der Waals surface area contributed by atoms with Crippen molar-refractivity contribution in [3.63, 3.8) is 0 Å². The highest BCUT2D eigenvalue weighted by atomic mass is 79.9. The maximum absolute atomic E-state index is 12.2. The third-order valence-electron chi connectivity index (χ3n) is 3.21. The molecule has 1 unspecified atom stereocenters. The first-order valence-electron chi connectivity index (χ1n) is 5.92. The summed E-state index contributed by atoms with van der Waals surface area (Å²) in [5.74, 6) is -0.0723. The number of carbonyl (C=O) groups is 1. The Morgan fingerprint density at radius 2 is 2.21 bits per heavy atom. The fourth-order valence-electron chi connectivity index (χ4n) is 2.28. The number of hydrogen-bond acceptors (Lipinski definition) is 3.